The fraction of sp³-hybridized carbons (Fsp3) is 0.500. The lowest BCUT2D eigenvalue weighted by Gasteiger charge is -2.27. The first-order valence-corrected chi connectivity index (χ1v) is 7.60. The molecule has 2 nitrogen and oxygen atoms in total. The molecule has 4 heteroatoms. The molecule has 0 bridgehead atoms. The molecule has 0 heterocycles. The molecule has 0 radical (unpaired) electrons. The highest BCUT2D eigenvalue weighted by atomic mass is 79.9. The molecule has 0 N–H and O–H groups in total. The number of aryl methyl sites for hydroxylation is 1. The van der Waals surface area contributed by atoms with Crippen LogP contribution in [0.3, 0.4) is 0 Å². The zero-order valence-corrected chi connectivity index (χ0v) is 13.4. The maximum atomic E-state index is 12.5. The van der Waals surface area contributed by atoms with Gasteiger partial charge < -0.3 is 4.90 Å². The Morgan fingerprint density at radius 3 is 2.61 bits per heavy atom. The van der Waals surface area contributed by atoms with Crippen molar-refractivity contribution in [1.82, 2.24) is 4.90 Å². The number of rotatable bonds is 5. The van der Waals surface area contributed by atoms with Crippen LogP contribution in [-0.4, -0.2) is 28.7 Å². The predicted molar refractivity (Wildman–Crippen MR) is 80.8 cm³/mol. The number of nitrogens with zero attached hydrogens (tertiary/aromatic N) is 1. The third-order valence-corrected chi connectivity index (χ3v) is 3.63. The van der Waals surface area contributed by atoms with Gasteiger partial charge in [0.15, 0.2) is 0 Å². The van der Waals surface area contributed by atoms with E-state index in [0.717, 1.165) is 29.4 Å². The minimum absolute atomic E-state index is 0.0834. The quantitative estimate of drug-likeness (QED) is 0.737. The van der Waals surface area contributed by atoms with Gasteiger partial charge in [0.1, 0.15) is 0 Å². The second kappa shape index (κ2) is 7.15. The third kappa shape index (κ3) is 3.99. The zero-order chi connectivity index (χ0) is 13.7. The summed E-state index contributed by atoms with van der Waals surface area (Å²) in [6, 6.07) is 5.61. The van der Waals surface area contributed by atoms with Crippen LogP contribution >= 0.6 is 27.5 Å². The summed E-state index contributed by atoms with van der Waals surface area (Å²) in [6.07, 6.45) is 0.955. The number of amides is 1. The minimum Gasteiger partial charge on any atom is -0.336 e. The lowest BCUT2D eigenvalue weighted by molar-refractivity contribution is 0.0706. The van der Waals surface area contributed by atoms with Gasteiger partial charge in [-0.2, -0.15) is 0 Å². The van der Waals surface area contributed by atoms with Crippen LogP contribution in [0.15, 0.2) is 18.2 Å². The van der Waals surface area contributed by atoms with E-state index in [1.165, 1.54) is 0 Å². The SMILES string of the molecule is Cc1cc(Cl)ccc1C(=O)N(CCCBr)C(C)C. The molecular formula is C14H19BrClNO. The van der Waals surface area contributed by atoms with Gasteiger partial charge in [-0.05, 0) is 51.0 Å². The highest BCUT2D eigenvalue weighted by molar-refractivity contribution is 9.09. The van der Waals surface area contributed by atoms with Crippen LogP contribution < -0.4 is 0 Å². The van der Waals surface area contributed by atoms with Crippen molar-refractivity contribution in [3.8, 4) is 0 Å². The average Bonchev–Trinajstić information content (AvgIpc) is 2.28. The Balaban J connectivity index is 2.94. The van der Waals surface area contributed by atoms with Crippen LogP contribution in [0.5, 0.6) is 0 Å². The van der Waals surface area contributed by atoms with Crippen LogP contribution in [0.25, 0.3) is 0 Å². The highest BCUT2D eigenvalue weighted by Gasteiger charge is 2.19. The molecule has 0 aliphatic carbocycles. The fourth-order valence-corrected chi connectivity index (χ4v) is 2.32. The summed E-state index contributed by atoms with van der Waals surface area (Å²) in [4.78, 5) is 14.4. The Morgan fingerprint density at radius 2 is 2.11 bits per heavy atom. The van der Waals surface area contributed by atoms with E-state index in [1.807, 2.05) is 37.8 Å². The van der Waals surface area contributed by atoms with Gasteiger partial charge in [-0.1, -0.05) is 27.5 Å². The number of carbonyl (C=O) groups excluding carboxylic acids is 1. The summed E-state index contributed by atoms with van der Waals surface area (Å²) in [7, 11) is 0. The number of hydrogen-bond donors (Lipinski definition) is 0. The lowest BCUT2D eigenvalue weighted by atomic mass is 10.1. The highest BCUT2D eigenvalue weighted by Crippen LogP contribution is 2.18. The van der Waals surface area contributed by atoms with Crippen molar-refractivity contribution < 1.29 is 4.79 Å². The van der Waals surface area contributed by atoms with E-state index in [0.29, 0.717) is 5.02 Å². The number of alkyl halides is 1. The molecule has 0 saturated carbocycles. The minimum atomic E-state index is 0.0834. The van der Waals surface area contributed by atoms with E-state index in [4.69, 9.17) is 11.6 Å². The van der Waals surface area contributed by atoms with E-state index >= 15 is 0 Å². The second-order valence-corrected chi connectivity index (χ2v) is 5.82. The summed E-state index contributed by atoms with van der Waals surface area (Å²) in [5.74, 6) is 0.0834. The molecule has 0 aliphatic rings. The van der Waals surface area contributed by atoms with Gasteiger partial charge in [-0.25, -0.2) is 0 Å². The van der Waals surface area contributed by atoms with Gasteiger partial charge in [0.2, 0.25) is 0 Å². The molecule has 100 valence electrons. The lowest BCUT2D eigenvalue weighted by Crippen LogP contribution is -2.38. The topological polar surface area (TPSA) is 20.3 Å². The summed E-state index contributed by atoms with van der Waals surface area (Å²) in [5, 5.41) is 1.57. The van der Waals surface area contributed by atoms with E-state index in [9.17, 15) is 4.79 Å². The molecule has 18 heavy (non-hydrogen) atoms. The van der Waals surface area contributed by atoms with E-state index in [-0.39, 0.29) is 11.9 Å². The largest absolute Gasteiger partial charge is 0.336 e. The molecule has 0 spiro atoms. The molecule has 1 aromatic carbocycles. The van der Waals surface area contributed by atoms with E-state index in [1.54, 1.807) is 6.07 Å². The molecule has 0 aliphatic heterocycles. The van der Waals surface area contributed by atoms with Gasteiger partial charge in [0.25, 0.3) is 5.91 Å². The van der Waals surface area contributed by atoms with Crippen LogP contribution in [0.2, 0.25) is 5.02 Å². The van der Waals surface area contributed by atoms with E-state index < -0.39 is 0 Å². The van der Waals surface area contributed by atoms with E-state index in [2.05, 4.69) is 15.9 Å². The van der Waals surface area contributed by atoms with Crippen molar-refractivity contribution in [1.29, 1.82) is 0 Å². The van der Waals surface area contributed by atoms with Crippen molar-refractivity contribution in [3.63, 3.8) is 0 Å². The monoisotopic (exact) mass is 331 g/mol. The number of hydrogen-bond acceptors (Lipinski definition) is 1. The number of carbonyl (C=O) groups is 1. The summed E-state index contributed by atoms with van der Waals surface area (Å²) in [5.41, 5.74) is 1.67. The Morgan fingerprint density at radius 1 is 1.44 bits per heavy atom. The van der Waals surface area contributed by atoms with Gasteiger partial charge >= 0.3 is 0 Å². The van der Waals surface area contributed by atoms with Crippen LogP contribution in [0.4, 0.5) is 0 Å². The summed E-state index contributed by atoms with van der Waals surface area (Å²) >= 11 is 9.32. The zero-order valence-electron chi connectivity index (χ0n) is 11.0. The molecule has 0 atom stereocenters. The van der Waals surface area contributed by atoms with Gasteiger partial charge in [-0.15, -0.1) is 0 Å². The maximum absolute atomic E-state index is 12.5. The molecular weight excluding hydrogens is 314 g/mol. The van der Waals surface area contributed by atoms with Gasteiger partial charge in [-0.3, -0.25) is 4.79 Å². The third-order valence-electron chi connectivity index (χ3n) is 2.84. The molecule has 0 saturated heterocycles. The fourth-order valence-electron chi connectivity index (χ4n) is 1.85. The Kier molecular flexibility index (Phi) is 6.16. The van der Waals surface area contributed by atoms with Crippen LogP contribution in [0.1, 0.15) is 36.2 Å². The molecule has 1 rings (SSSR count). The van der Waals surface area contributed by atoms with Crippen molar-refractivity contribution in [2.75, 3.05) is 11.9 Å². The molecule has 0 unspecified atom stereocenters. The normalized spacial score (nSPS) is 10.8. The Hall–Kier alpha value is -0.540. The Labute approximate surface area is 122 Å². The number of benzene rings is 1. The van der Waals surface area contributed by atoms with Crippen LogP contribution in [0, 0.1) is 6.92 Å². The molecule has 1 amide bonds. The number of halogens is 2. The summed E-state index contributed by atoms with van der Waals surface area (Å²) in [6.45, 7) is 6.76. The Bertz CT molecular complexity index is 420. The van der Waals surface area contributed by atoms with Crippen molar-refractivity contribution >= 4 is 33.4 Å². The predicted octanol–water partition coefficient (Wildman–Crippen LogP) is 4.28. The smallest absolute Gasteiger partial charge is 0.254 e. The van der Waals surface area contributed by atoms with Crippen molar-refractivity contribution in [2.24, 2.45) is 0 Å². The summed E-state index contributed by atoms with van der Waals surface area (Å²) < 4.78 is 0. The second-order valence-electron chi connectivity index (χ2n) is 4.59. The first-order valence-electron chi connectivity index (χ1n) is 6.10. The van der Waals surface area contributed by atoms with Crippen molar-refractivity contribution in [2.45, 2.75) is 33.2 Å². The van der Waals surface area contributed by atoms with Crippen molar-refractivity contribution in [3.05, 3.63) is 34.3 Å². The molecule has 0 aromatic heterocycles. The standard InChI is InChI=1S/C14H19BrClNO/c1-10(2)17(8-4-7-15)14(18)13-6-5-12(16)9-11(13)3/h5-6,9-10H,4,7-8H2,1-3H3. The maximum Gasteiger partial charge on any atom is 0.254 e. The average molecular weight is 333 g/mol. The first-order chi connectivity index (χ1) is 8.47. The van der Waals surface area contributed by atoms with Crippen LogP contribution in [-0.2, 0) is 0 Å². The first kappa shape index (κ1) is 15.5. The molecule has 0 fully saturated rings. The van der Waals surface area contributed by atoms with Gasteiger partial charge in [0.05, 0.1) is 0 Å². The van der Waals surface area contributed by atoms with Gasteiger partial charge in [0, 0.05) is 28.5 Å². The molecule has 1 aromatic rings.